The lowest BCUT2D eigenvalue weighted by Crippen LogP contribution is -1.85. The summed E-state index contributed by atoms with van der Waals surface area (Å²) in [7, 11) is 0. The molecule has 0 aliphatic heterocycles. The molecule has 0 aromatic rings. The monoisotopic (exact) mass is 103 g/mol. The summed E-state index contributed by atoms with van der Waals surface area (Å²) >= 11 is 4.73. The average Bonchev–Trinajstić information content (AvgIpc) is 1.35. The van der Waals surface area contributed by atoms with Gasteiger partial charge in [-0.05, 0) is 11.6 Å². The predicted molar refractivity (Wildman–Crippen MR) is 22.3 cm³/mol. The Kier molecular flexibility index (Phi) is 2.43. The fourth-order valence-corrected chi connectivity index (χ4v) is 0.122. The number of carbonyl (C=O) groups is 1. The quantitative estimate of drug-likeness (QED) is 0.353. The van der Waals surface area contributed by atoms with Crippen molar-refractivity contribution in [2.24, 2.45) is 0 Å². The van der Waals surface area contributed by atoms with Crippen LogP contribution in [0.25, 0.3) is 4.85 Å². The maximum Gasteiger partial charge on any atom is 0.300 e. The lowest BCUT2D eigenvalue weighted by atomic mass is 10.8. The van der Waals surface area contributed by atoms with Gasteiger partial charge in [-0.25, -0.2) is 6.57 Å². The van der Waals surface area contributed by atoms with E-state index in [1.807, 2.05) is 0 Å². The van der Waals surface area contributed by atoms with Crippen molar-refractivity contribution in [3.8, 4) is 0 Å². The second kappa shape index (κ2) is 2.67. The molecule has 0 aromatic carbocycles. The molecule has 0 heterocycles. The fourth-order valence-electron chi connectivity index (χ4n) is 0.0622. The van der Waals surface area contributed by atoms with E-state index in [0.29, 0.717) is 0 Å². The van der Waals surface area contributed by atoms with E-state index in [1.165, 1.54) is 0 Å². The fraction of sp³-hybridized carbons (Fsp3) is 0.333. The van der Waals surface area contributed by atoms with Crippen molar-refractivity contribution in [3.05, 3.63) is 11.4 Å². The molecule has 6 heavy (non-hydrogen) atoms. The van der Waals surface area contributed by atoms with E-state index in [0.717, 1.165) is 0 Å². The first kappa shape index (κ1) is 5.45. The molecular formula is C3H2ClNO. The van der Waals surface area contributed by atoms with Crippen LogP contribution >= 0.6 is 11.6 Å². The summed E-state index contributed by atoms with van der Waals surface area (Å²) in [5, 5.41) is -0.593. The Morgan fingerprint density at radius 3 is 2.50 bits per heavy atom. The smallest absolute Gasteiger partial charge is 0.300 e. The van der Waals surface area contributed by atoms with Crippen LogP contribution in [0.4, 0.5) is 0 Å². The summed E-state index contributed by atoms with van der Waals surface area (Å²) in [5.74, 6) is 0. The van der Waals surface area contributed by atoms with Crippen molar-refractivity contribution in [2.75, 3.05) is 6.54 Å². The van der Waals surface area contributed by atoms with Gasteiger partial charge in [0.25, 0.3) is 6.54 Å². The number of hydrogen-bond donors (Lipinski definition) is 0. The average molecular weight is 104 g/mol. The first-order valence-electron chi connectivity index (χ1n) is 1.29. The van der Waals surface area contributed by atoms with Crippen molar-refractivity contribution in [2.45, 2.75) is 0 Å². The van der Waals surface area contributed by atoms with Crippen LogP contribution in [0.15, 0.2) is 0 Å². The molecule has 0 unspecified atom stereocenters. The second-order valence-electron chi connectivity index (χ2n) is 0.671. The Labute approximate surface area is 40.5 Å². The first-order chi connectivity index (χ1) is 2.77. The molecule has 0 aromatic heterocycles. The van der Waals surface area contributed by atoms with Crippen molar-refractivity contribution in [1.29, 1.82) is 0 Å². The highest BCUT2D eigenvalue weighted by molar-refractivity contribution is 6.64. The summed E-state index contributed by atoms with van der Waals surface area (Å²) in [5.41, 5.74) is 0. The molecule has 0 aliphatic rings. The van der Waals surface area contributed by atoms with Crippen LogP contribution in [0.1, 0.15) is 0 Å². The van der Waals surface area contributed by atoms with Crippen molar-refractivity contribution < 1.29 is 4.79 Å². The number of hydrogen-bond acceptors (Lipinski definition) is 1. The molecule has 0 radical (unpaired) electrons. The minimum Gasteiger partial charge on any atom is -0.307 e. The first-order valence-corrected chi connectivity index (χ1v) is 1.66. The highest BCUT2D eigenvalue weighted by Crippen LogP contribution is 1.76. The topological polar surface area (TPSA) is 21.4 Å². The number of nitrogens with zero attached hydrogens (tertiary/aromatic N) is 1. The minimum atomic E-state index is -0.593. The maximum atomic E-state index is 9.60. The Morgan fingerprint density at radius 2 is 2.50 bits per heavy atom. The summed E-state index contributed by atoms with van der Waals surface area (Å²) in [6.45, 7) is 5.85. The lowest BCUT2D eigenvalue weighted by Gasteiger charge is -1.65. The van der Waals surface area contributed by atoms with Crippen LogP contribution in [-0.2, 0) is 4.79 Å². The zero-order chi connectivity index (χ0) is 4.99. The molecule has 0 N–H and O–H groups in total. The van der Waals surface area contributed by atoms with Gasteiger partial charge in [0.1, 0.15) is 0 Å². The van der Waals surface area contributed by atoms with Gasteiger partial charge in [-0.2, -0.15) is 0 Å². The molecule has 0 rings (SSSR count). The van der Waals surface area contributed by atoms with E-state index < -0.39 is 5.24 Å². The molecule has 0 spiro atoms. The van der Waals surface area contributed by atoms with Gasteiger partial charge in [-0.3, -0.25) is 4.79 Å². The van der Waals surface area contributed by atoms with Crippen LogP contribution < -0.4 is 0 Å². The third-order valence-corrected chi connectivity index (χ3v) is 0.323. The van der Waals surface area contributed by atoms with Gasteiger partial charge in [-0.15, -0.1) is 0 Å². The molecule has 0 bridgehead atoms. The Hall–Kier alpha value is -0.550. The summed E-state index contributed by atoms with van der Waals surface area (Å²) in [6, 6.07) is 0. The molecule has 0 atom stereocenters. The summed E-state index contributed by atoms with van der Waals surface area (Å²) in [6.07, 6.45) is 0. The van der Waals surface area contributed by atoms with E-state index in [1.54, 1.807) is 0 Å². The predicted octanol–water partition coefficient (Wildman–Crippen LogP) is 0.671. The van der Waals surface area contributed by atoms with Crippen LogP contribution in [0.5, 0.6) is 0 Å². The van der Waals surface area contributed by atoms with Gasteiger partial charge < -0.3 is 4.85 Å². The largest absolute Gasteiger partial charge is 0.307 e. The van der Waals surface area contributed by atoms with E-state index >= 15 is 0 Å². The SMILES string of the molecule is [C-]#[N+]CC(=O)Cl. The van der Waals surface area contributed by atoms with Gasteiger partial charge in [0.2, 0.25) is 0 Å². The molecular weight excluding hydrogens is 101 g/mol. The van der Waals surface area contributed by atoms with Gasteiger partial charge in [-0.1, -0.05) is 0 Å². The summed E-state index contributed by atoms with van der Waals surface area (Å²) < 4.78 is 0. The molecule has 0 amide bonds. The van der Waals surface area contributed by atoms with Crippen LogP contribution in [-0.4, -0.2) is 11.8 Å². The summed E-state index contributed by atoms with van der Waals surface area (Å²) in [4.78, 5) is 12.3. The maximum absolute atomic E-state index is 9.60. The van der Waals surface area contributed by atoms with Crippen LogP contribution in [0.3, 0.4) is 0 Å². The van der Waals surface area contributed by atoms with E-state index in [4.69, 9.17) is 18.2 Å². The number of carbonyl (C=O) groups excluding carboxylic acids is 1. The molecule has 32 valence electrons. The molecule has 0 saturated heterocycles. The van der Waals surface area contributed by atoms with Crippen LogP contribution in [0, 0.1) is 6.57 Å². The molecule has 3 heteroatoms. The van der Waals surface area contributed by atoms with Gasteiger partial charge in [0.05, 0.1) is 0 Å². The van der Waals surface area contributed by atoms with E-state index in [-0.39, 0.29) is 6.54 Å². The minimum absolute atomic E-state index is 0.207. The number of halogens is 1. The molecule has 0 fully saturated rings. The third kappa shape index (κ3) is 3.45. The number of rotatable bonds is 1. The molecule has 0 aliphatic carbocycles. The van der Waals surface area contributed by atoms with Crippen LogP contribution in [0.2, 0.25) is 0 Å². The van der Waals surface area contributed by atoms with Crippen molar-refractivity contribution >= 4 is 16.8 Å². The van der Waals surface area contributed by atoms with Crippen molar-refractivity contribution in [3.63, 3.8) is 0 Å². The zero-order valence-electron chi connectivity index (χ0n) is 2.94. The Morgan fingerprint density at radius 1 is 2.00 bits per heavy atom. The Balaban J connectivity index is 3.13. The zero-order valence-corrected chi connectivity index (χ0v) is 3.70. The van der Waals surface area contributed by atoms with Gasteiger partial charge in [0, 0.05) is 0 Å². The molecule has 2 nitrogen and oxygen atoms in total. The normalized spacial score (nSPS) is 6.67. The Bertz CT molecular complexity index is 93.5. The lowest BCUT2D eigenvalue weighted by molar-refractivity contribution is -0.110. The van der Waals surface area contributed by atoms with E-state index in [2.05, 4.69) is 4.85 Å². The second-order valence-corrected chi connectivity index (χ2v) is 1.09. The van der Waals surface area contributed by atoms with Crippen molar-refractivity contribution in [1.82, 2.24) is 0 Å². The standard InChI is InChI=1S/C3H2ClNO/c1-5-2-3(4)6/h2H2. The highest BCUT2D eigenvalue weighted by Gasteiger charge is 1.92. The van der Waals surface area contributed by atoms with Gasteiger partial charge >= 0.3 is 5.24 Å². The van der Waals surface area contributed by atoms with Gasteiger partial charge in [0.15, 0.2) is 0 Å². The van der Waals surface area contributed by atoms with E-state index in [9.17, 15) is 4.79 Å². The highest BCUT2D eigenvalue weighted by atomic mass is 35.5. The third-order valence-electron chi connectivity index (χ3n) is 0.203. The molecule has 0 saturated carbocycles.